The zero-order chi connectivity index (χ0) is 22.1. The van der Waals surface area contributed by atoms with Gasteiger partial charge in [-0.1, -0.05) is 29.3 Å². The molecule has 0 bridgehead atoms. The molecule has 1 unspecified atom stereocenters. The van der Waals surface area contributed by atoms with Crippen molar-refractivity contribution in [3.8, 4) is 5.69 Å². The Bertz CT molecular complexity index is 1210. The first-order chi connectivity index (χ1) is 14.8. The normalized spacial score (nSPS) is 15.9. The van der Waals surface area contributed by atoms with E-state index in [0.717, 1.165) is 15.9 Å². The number of nitro groups is 1. The van der Waals surface area contributed by atoms with Gasteiger partial charge in [0.25, 0.3) is 11.2 Å². The van der Waals surface area contributed by atoms with Gasteiger partial charge in [0.15, 0.2) is 0 Å². The molecular weight excluding hydrogens is 422 g/mol. The van der Waals surface area contributed by atoms with Gasteiger partial charge < -0.3 is 10.2 Å². The lowest BCUT2D eigenvalue weighted by Crippen LogP contribution is -2.34. The highest BCUT2D eigenvalue weighted by Crippen LogP contribution is 2.26. The van der Waals surface area contributed by atoms with E-state index in [1.54, 1.807) is 4.90 Å². The lowest BCUT2D eigenvalue weighted by molar-refractivity contribution is -0.384. The molecule has 1 aliphatic rings. The zero-order valence-corrected chi connectivity index (χ0v) is 17.2. The number of carbonyl (C=O) groups excluding carboxylic acids is 1. The molecule has 158 valence electrons. The average molecular weight is 440 g/mol. The summed E-state index contributed by atoms with van der Waals surface area (Å²) in [6.45, 7) is 2.53. The number of amides is 1. The molecule has 4 rings (SSSR count). The van der Waals surface area contributed by atoms with E-state index < -0.39 is 16.5 Å². The van der Waals surface area contributed by atoms with E-state index >= 15 is 0 Å². The van der Waals surface area contributed by atoms with Crippen LogP contribution in [0.5, 0.6) is 0 Å². The van der Waals surface area contributed by atoms with E-state index in [0.29, 0.717) is 18.7 Å². The van der Waals surface area contributed by atoms with Crippen molar-refractivity contribution in [1.29, 1.82) is 0 Å². The van der Waals surface area contributed by atoms with Crippen LogP contribution < -0.4 is 15.8 Å². The Morgan fingerprint density at radius 3 is 2.39 bits per heavy atom. The number of nitrogens with zero attached hydrogens (tertiary/aromatic N) is 4. The van der Waals surface area contributed by atoms with Crippen LogP contribution in [0.2, 0.25) is 5.02 Å². The Balaban J connectivity index is 1.54. The first-order valence-corrected chi connectivity index (χ1v) is 9.90. The van der Waals surface area contributed by atoms with Gasteiger partial charge in [-0.05, 0) is 37.6 Å². The third-order valence-corrected chi connectivity index (χ3v) is 5.47. The number of benzene rings is 2. The zero-order valence-electron chi connectivity index (χ0n) is 16.5. The van der Waals surface area contributed by atoms with Crippen LogP contribution in [0, 0.1) is 17.0 Å². The molecule has 1 atom stereocenters. The predicted molar refractivity (Wildman–Crippen MR) is 117 cm³/mol. The first kappa shape index (κ1) is 20.5. The molecule has 0 radical (unpaired) electrons. The number of aryl methyl sites for hydroxylation is 1. The molecule has 1 saturated heterocycles. The molecule has 0 spiro atoms. The monoisotopic (exact) mass is 439 g/mol. The summed E-state index contributed by atoms with van der Waals surface area (Å²) < 4.78 is 1.05. The lowest BCUT2D eigenvalue weighted by Gasteiger charge is -2.18. The van der Waals surface area contributed by atoms with Gasteiger partial charge in [-0.2, -0.15) is 9.78 Å². The summed E-state index contributed by atoms with van der Waals surface area (Å²) in [4.78, 5) is 37.5. The summed E-state index contributed by atoms with van der Waals surface area (Å²) in [5.41, 5.74) is 1.83. The smallest absolute Gasteiger partial charge is 0.292 e. The molecule has 0 saturated carbocycles. The van der Waals surface area contributed by atoms with Crippen molar-refractivity contribution >= 4 is 34.6 Å². The van der Waals surface area contributed by atoms with E-state index in [4.69, 9.17) is 11.6 Å². The van der Waals surface area contributed by atoms with Crippen LogP contribution in [0.4, 0.5) is 17.1 Å². The fraction of sp³-hybridized carbons (Fsp3) is 0.190. The number of carbonyl (C=O) groups is 1. The Kier molecular flexibility index (Phi) is 5.43. The highest BCUT2D eigenvalue weighted by Gasteiger charge is 2.33. The second-order valence-electron chi connectivity index (χ2n) is 7.17. The molecule has 1 N–H and O–H groups in total. The number of hydrogen-bond acceptors (Lipinski definition) is 6. The van der Waals surface area contributed by atoms with E-state index in [9.17, 15) is 19.7 Å². The molecule has 0 aliphatic carbocycles. The molecule has 1 fully saturated rings. The van der Waals surface area contributed by atoms with Crippen molar-refractivity contribution in [1.82, 2.24) is 9.78 Å². The second kappa shape index (κ2) is 8.19. The number of non-ortho nitro benzene ring substituents is 1. The fourth-order valence-electron chi connectivity index (χ4n) is 3.42. The van der Waals surface area contributed by atoms with Crippen molar-refractivity contribution in [2.24, 2.45) is 0 Å². The van der Waals surface area contributed by atoms with Crippen LogP contribution in [-0.4, -0.2) is 33.2 Å². The minimum atomic E-state index is -0.596. The maximum atomic E-state index is 12.8. The molecule has 2 heterocycles. The standard InChI is InChI=1S/C21H18ClN5O4/c1-13-2-4-14(5-3-13)25-11-10-17(20(25)28)24-18-12-23-26(21(29)19(18)22)15-6-8-16(9-7-15)27(30)31/h2-9,12,17,24H,10-11H2,1H3. The summed E-state index contributed by atoms with van der Waals surface area (Å²) in [5.74, 6) is -0.112. The Labute approximate surface area is 182 Å². The summed E-state index contributed by atoms with van der Waals surface area (Å²) in [6, 6.07) is 12.5. The number of anilines is 2. The summed E-state index contributed by atoms with van der Waals surface area (Å²) >= 11 is 6.26. The molecule has 31 heavy (non-hydrogen) atoms. The Morgan fingerprint density at radius 1 is 1.10 bits per heavy atom. The minimum Gasteiger partial charge on any atom is -0.371 e. The van der Waals surface area contributed by atoms with Gasteiger partial charge in [-0.3, -0.25) is 19.7 Å². The van der Waals surface area contributed by atoms with Crippen molar-refractivity contribution in [2.45, 2.75) is 19.4 Å². The Morgan fingerprint density at radius 2 is 1.74 bits per heavy atom. The van der Waals surface area contributed by atoms with E-state index in [-0.39, 0.29) is 22.3 Å². The van der Waals surface area contributed by atoms with Gasteiger partial charge in [0.1, 0.15) is 11.1 Å². The van der Waals surface area contributed by atoms with Gasteiger partial charge in [-0.15, -0.1) is 0 Å². The Hall–Kier alpha value is -3.72. The van der Waals surface area contributed by atoms with Crippen molar-refractivity contribution in [3.63, 3.8) is 0 Å². The summed E-state index contributed by atoms with van der Waals surface area (Å²) in [6.07, 6.45) is 1.92. The molecule has 2 aromatic carbocycles. The van der Waals surface area contributed by atoms with Crippen LogP contribution in [0.25, 0.3) is 5.69 Å². The quantitative estimate of drug-likeness (QED) is 0.482. The second-order valence-corrected chi connectivity index (χ2v) is 7.55. The van der Waals surface area contributed by atoms with Gasteiger partial charge in [0.2, 0.25) is 5.91 Å². The number of halogens is 1. The molecule has 3 aromatic rings. The molecule has 1 amide bonds. The van der Waals surface area contributed by atoms with Crippen LogP contribution in [-0.2, 0) is 4.79 Å². The number of rotatable bonds is 5. The largest absolute Gasteiger partial charge is 0.371 e. The predicted octanol–water partition coefficient (Wildman–Crippen LogP) is 3.32. The average Bonchev–Trinajstić information content (AvgIpc) is 3.12. The van der Waals surface area contributed by atoms with Crippen LogP contribution in [0.15, 0.2) is 59.5 Å². The van der Waals surface area contributed by atoms with Crippen molar-refractivity contribution < 1.29 is 9.72 Å². The topological polar surface area (TPSA) is 110 Å². The fourth-order valence-corrected chi connectivity index (χ4v) is 3.60. The highest BCUT2D eigenvalue weighted by atomic mass is 35.5. The molecule has 10 heteroatoms. The molecular formula is C21H18ClN5O4. The van der Waals surface area contributed by atoms with Crippen molar-refractivity contribution in [2.75, 3.05) is 16.8 Å². The number of hydrogen-bond donors (Lipinski definition) is 1. The van der Waals surface area contributed by atoms with Crippen LogP contribution in [0.1, 0.15) is 12.0 Å². The minimum absolute atomic E-state index is 0.0981. The van der Waals surface area contributed by atoms with E-state index in [2.05, 4.69) is 10.4 Å². The number of nitro benzene ring substituents is 1. The third-order valence-electron chi connectivity index (χ3n) is 5.10. The number of nitrogens with one attached hydrogen (secondary N) is 1. The van der Waals surface area contributed by atoms with Gasteiger partial charge in [0.05, 0.1) is 22.5 Å². The van der Waals surface area contributed by atoms with Crippen LogP contribution in [0.3, 0.4) is 0 Å². The van der Waals surface area contributed by atoms with Gasteiger partial charge in [0, 0.05) is 24.4 Å². The van der Waals surface area contributed by atoms with Gasteiger partial charge in [-0.25, -0.2) is 0 Å². The first-order valence-electron chi connectivity index (χ1n) is 9.52. The van der Waals surface area contributed by atoms with Crippen molar-refractivity contribution in [3.05, 3.63) is 85.8 Å². The molecule has 9 nitrogen and oxygen atoms in total. The van der Waals surface area contributed by atoms with E-state index in [1.165, 1.54) is 30.5 Å². The molecule has 1 aliphatic heterocycles. The number of aromatic nitrogens is 2. The molecule has 1 aromatic heterocycles. The van der Waals surface area contributed by atoms with Gasteiger partial charge >= 0.3 is 0 Å². The lowest BCUT2D eigenvalue weighted by atomic mass is 10.2. The van der Waals surface area contributed by atoms with Crippen LogP contribution >= 0.6 is 11.6 Å². The third kappa shape index (κ3) is 3.99. The summed E-state index contributed by atoms with van der Waals surface area (Å²) in [7, 11) is 0. The SMILES string of the molecule is Cc1ccc(N2CCC(Nc3cnn(-c4ccc([N+](=O)[O-])cc4)c(=O)c3Cl)C2=O)cc1. The maximum Gasteiger partial charge on any atom is 0.292 e. The highest BCUT2D eigenvalue weighted by molar-refractivity contribution is 6.33. The maximum absolute atomic E-state index is 12.8. The summed E-state index contributed by atoms with van der Waals surface area (Å²) in [5, 5.41) is 17.8. The van der Waals surface area contributed by atoms with E-state index in [1.807, 2.05) is 31.2 Å².